The summed E-state index contributed by atoms with van der Waals surface area (Å²) in [6.07, 6.45) is 4.80. The van der Waals surface area contributed by atoms with Gasteiger partial charge in [-0.05, 0) is 39.5 Å². The normalized spacial score (nSPS) is 16.0. The molecule has 0 aliphatic carbocycles. The molecule has 0 aliphatic rings. The summed E-state index contributed by atoms with van der Waals surface area (Å²) in [6.45, 7) is 16.9. The summed E-state index contributed by atoms with van der Waals surface area (Å²) >= 11 is 0. The minimum atomic E-state index is 0.246. The highest BCUT2D eigenvalue weighted by Crippen LogP contribution is 2.14. The predicted molar refractivity (Wildman–Crippen MR) is 82.6 cm³/mol. The van der Waals surface area contributed by atoms with E-state index in [1.807, 2.05) is 0 Å². The molecule has 2 heteroatoms. The first-order valence-corrected chi connectivity index (χ1v) is 7.72. The summed E-state index contributed by atoms with van der Waals surface area (Å²) in [5.41, 5.74) is 0.246. The molecule has 0 spiro atoms. The van der Waals surface area contributed by atoms with E-state index in [1.54, 1.807) is 0 Å². The Balaban J connectivity index is 4.11. The molecule has 2 N–H and O–H groups in total. The van der Waals surface area contributed by atoms with Crippen LogP contribution in [0.25, 0.3) is 0 Å². The number of hydrogen-bond donors (Lipinski definition) is 2. The van der Waals surface area contributed by atoms with Crippen LogP contribution in [0.5, 0.6) is 0 Å². The largest absolute Gasteiger partial charge is 0.310 e. The zero-order valence-electron chi connectivity index (χ0n) is 13.7. The number of rotatable bonds is 10. The Hall–Kier alpha value is -0.0800. The van der Waals surface area contributed by atoms with Gasteiger partial charge in [0.05, 0.1) is 6.04 Å². The lowest BCUT2D eigenvalue weighted by Crippen LogP contribution is -2.46. The number of nitrogens with one attached hydrogen (secondary N) is 2. The van der Waals surface area contributed by atoms with Crippen LogP contribution in [-0.4, -0.2) is 18.1 Å². The van der Waals surface area contributed by atoms with Crippen molar-refractivity contribution in [3.63, 3.8) is 0 Å². The van der Waals surface area contributed by atoms with Crippen molar-refractivity contribution in [3.05, 3.63) is 6.04 Å². The van der Waals surface area contributed by atoms with Crippen molar-refractivity contribution in [1.82, 2.24) is 10.6 Å². The maximum atomic E-state index is 3.69. The molecule has 18 heavy (non-hydrogen) atoms. The van der Waals surface area contributed by atoms with Gasteiger partial charge in [-0.15, -0.1) is 0 Å². The highest BCUT2D eigenvalue weighted by atomic mass is 15.0. The van der Waals surface area contributed by atoms with E-state index in [2.05, 4.69) is 59.1 Å². The second-order valence-electron chi connectivity index (χ2n) is 6.26. The Morgan fingerprint density at radius 1 is 1.11 bits per heavy atom. The van der Waals surface area contributed by atoms with Crippen LogP contribution in [0, 0.1) is 12.0 Å². The molecule has 2 nitrogen and oxygen atoms in total. The first kappa shape index (κ1) is 17.9. The van der Waals surface area contributed by atoms with Gasteiger partial charge in [0.2, 0.25) is 0 Å². The Kier molecular flexibility index (Phi) is 8.89. The minimum absolute atomic E-state index is 0.246. The molecule has 0 saturated heterocycles. The van der Waals surface area contributed by atoms with Gasteiger partial charge < -0.3 is 10.6 Å². The second-order valence-corrected chi connectivity index (χ2v) is 6.26. The molecule has 2 unspecified atom stereocenters. The Bertz CT molecular complexity index is 201. The van der Waals surface area contributed by atoms with Crippen molar-refractivity contribution in [2.24, 2.45) is 5.92 Å². The second kappa shape index (κ2) is 8.92. The zero-order chi connectivity index (χ0) is 14.2. The van der Waals surface area contributed by atoms with Gasteiger partial charge in [0.25, 0.3) is 0 Å². The van der Waals surface area contributed by atoms with Crippen molar-refractivity contribution < 1.29 is 0 Å². The summed E-state index contributed by atoms with van der Waals surface area (Å²) in [6, 6.07) is 2.01. The van der Waals surface area contributed by atoms with Crippen molar-refractivity contribution in [2.75, 3.05) is 6.54 Å². The highest BCUT2D eigenvalue weighted by molar-refractivity contribution is 4.93. The quantitative estimate of drug-likeness (QED) is 0.613. The molecule has 0 fully saturated rings. The lowest BCUT2D eigenvalue weighted by molar-refractivity contribution is 0.335. The van der Waals surface area contributed by atoms with Crippen LogP contribution in [0.15, 0.2) is 0 Å². The van der Waals surface area contributed by atoms with Crippen molar-refractivity contribution in [1.29, 1.82) is 0 Å². The molecule has 0 rings (SSSR count). The van der Waals surface area contributed by atoms with E-state index in [4.69, 9.17) is 0 Å². The van der Waals surface area contributed by atoms with E-state index in [0.29, 0.717) is 6.04 Å². The van der Waals surface area contributed by atoms with Gasteiger partial charge >= 0.3 is 0 Å². The van der Waals surface area contributed by atoms with Crippen molar-refractivity contribution in [2.45, 2.75) is 85.7 Å². The van der Waals surface area contributed by atoms with Gasteiger partial charge in [0.1, 0.15) is 0 Å². The minimum Gasteiger partial charge on any atom is -0.310 e. The Labute approximate surface area is 115 Å². The molecule has 0 saturated carbocycles. The van der Waals surface area contributed by atoms with Gasteiger partial charge in [0, 0.05) is 18.1 Å². The maximum absolute atomic E-state index is 3.69. The summed E-state index contributed by atoms with van der Waals surface area (Å²) in [7, 11) is 0. The number of hydrogen-bond acceptors (Lipinski definition) is 2. The summed E-state index contributed by atoms with van der Waals surface area (Å²) < 4.78 is 0. The molecule has 109 valence electrons. The van der Waals surface area contributed by atoms with Gasteiger partial charge in [-0.1, -0.05) is 40.5 Å². The van der Waals surface area contributed by atoms with Crippen LogP contribution in [0.1, 0.15) is 74.1 Å². The predicted octanol–water partition coefficient (Wildman–Crippen LogP) is 4.12. The fourth-order valence-corrected chi connectivity index (χ4v) is 2.16. The fraction of sp³-hybridized carbons (Fsp3) is 0.938. The third-order valence-corrected chi connectivity index (χ3v) is 4.01. The van der Waals surface area contributed by atoms with E-state index in [-0.39, 0.29) is 5.54 Å². The first-order chi connectivity index (χ1) is 8.36. The molecule has 0 aliphatic heterocycles. The molecular weight excluding hydrogens is 220 g/mol. The third kappa shape index (κ3) is 7.38. The fourth-order valence-electron chi connectivity index (χ4n) is 2.16. The van der Waals surface area contributed by atoms with Gasteiger partial charge in [-0.2, -0.15) is 0 Å². The average Bonchev–Trinajstić information content (AvgIpc) is 2.32. The average molecular weight is 255 g/mol. The van der Waals surface area contributed by atoms with Gasteiger partial charge in [0.15, 0.2) is 0 Å². The van der Waals surface area contributed by atoms with Crippen molar-refractivity contribution >= 4 is 0 Å². The molecule has 0 heterocycles. The van der Waals surface area contributed by atoms with Gasteiger partial charge in [-0.3, -0.25) is 0 Å². The summed E-state index contributed by atoms with van der Waals surface area (Å²) in [4.78, 5) is 0. The summed E-state index contributed by atoms with van der Waals surface area (Å²) in [5.74, 6) is 0.732. The smallest absolute Gasteiger partial charge is 0.0502 e. The molecule has 0 aromatic heterocycles. The lowest BCUT2D eigenvalue weighted by Gasteiger charge is -2.31. The molecule has 0 aromatic rings. The van der Waals surface area contributed by atoms with Gasteiger partial charge in [-0.25, -0.2) is 0 Å². The van der Waals surface area contributed by atoms with Crippen molar-refractivity contribution in [3.8, 4) is 0 Å². The molecular formula is C16H35N2. The van der Waals surface area contributed by atoms with E-state index in [0.717, 1.165) is 18.9 Å². The van der Waals surface area contributed by atoms with Crippen LogP contribution in [-0.2, 0) is 0 Å². The standard InChI is InChI=1S/C16H35N2/c1-8-11-16(6,7)17-12-15(10-3)18-14(5)13(4)9-2/h13-14,17-18H,8-12H2,1-7H3. The van der Waals surface area contributed by atoms with Crippen LogP contribution >= 0.6 is 0 Å². The third-order valence-electron chi connectivity index (χ3n) is 4.01. The highest BCUT2D eigenvalue weighted by Gasteiger charge is 2.20. The van der Waals surface area contributed by atoms with Crippen LogP contribution in [0.2, 0.25) is 0 Å². The topological polar surface area (TPSA) is 24.1 Å². The van der Waals surface area contributed by atoms with E-state index in [9.17, 15) is 0 Å². The molecule has 2 atom stereocenters. The molecule has 0 bridgehead atoms. The van der Waals surface area contributed by atoms with E-state index >= 15 is 0 Å². The van der Waals surface area contributed by atoms with E-state index < -0.39 is 0 Å². The Morgan fingerprint density at radius 3 is 2.17 bits per heavy atom. The molecule has 1 radical (unpaired) electrons. The summed E-state index contributed by atoms with van der Waals surface area (Å²) in [5, 5.41) is 7.36. The van der Waals surface area contributed by atoms with Crippen LogP contribution in [0.3, 0.4) is 0 Å². The molecule has 0 aromatic carbocycles. The monoisotopic (exact) mass is 255 g/mol. The zero-order valence-corrected chi connectivity index (χ0v) is 13.7. The van der Waals surface area contributed by atoms with Crippen LogP contribution in [0.4, 0.5) is 0 Å². The Morgan fingerprint density at radius 2 is 1.72 bits per heavy atom. The SMILES string of the molecule is CCCC(C)(C)NC[C](CC)NC(C)C(C)CC. The van der Waals surface area contributed by atoms with E-state index in [1.165, 1.54) is 25.3 Å². The maximum Gasteiger partial charge on any atom is 0.0502 e. The lowest BCUT2D eigenvalue weighted by atomic mass is 9.97. The van der Waals surface area contributed by atoms with Crippen LogP contribution < -0.4 is 10.6 Å². The first-order valence-electron chi connectivity index (χ1n) is 7.72. The molecule has 0 amide bonds.